The summed E-state index contributed by atoms with van der Waals surface area (Å²) in [5.74, 6) is -6.93. The predicted molar refractivity (Wildman–Crippen MR) is 125 cm³/mol. The average Bonchev–Trinajstić information content (AvgIpc) is 2.91. The Morgan fingerprint density at radius 2 is 1.73 bits per heavy atom. The van der Waals surface area contributed by atoms with Crippen LogP contribution in [0, 0.1) is 23.3 Å². The number of benzene rings is 3. The van der Waals surface area contributed by atoms with Gasteiger partial charge in [-0.05, 0) is 42.5 Å². The number of halogens is 4. The zero-order valence-corrected chi connectivity index (χ0v) is 19.0. The van der Waals surface area contributed by atoms with Gasteiger partial charge in [0.15, 0.2) is 29.1 Å². The SMILES string of the molecule is O=C(Nc1cc(F)c(F)c(C(=O)c2ccc3nc(C4CNCCO4)cnc3c2)c1)c1ccc(F)c(F)c1. The Morgan fingerprint density at radius 3 is 2.49 bits per heavy atom. The predicted octanol–water partition coefficient (Wildman–Crippen LogP) is 4.33. The van der Waals surface area contributed by atoms with Crippen LogP contribution in [0.1, 0.15) is 38.1 Å². The maximum atomic E-state index is 14.6. The van der Waals surface area contributed by atoms with Crippen molar-refractivity contribution in [1.82, 2.24) is 15.3 Å². The number of carbonyl (C=O) groups excluding carboxylic acids is 2. The summed E-state index contributed by atoms with van der Waals surface area (Å²) in [7, 11) is 0. The van der Waals surface area contributed by atoms with Crippen LogP contribution in [0.5, 0.6) is 0 Å². The number of morpholine rings is 1. The Bertz CT molecular complexity index is 1540. The van der Waals surface area contributed by atoms with Crippen molar-refractivity contribution in [2.24, 2.45) is 0 Å². The third kappa shape index (κ3) is 5.04. The van der Waals surface area contributed by atoms with E-state index in [0.29, 0.717) is 42.0 Å². The fourth-order valence-corrected chi connectivity index (χ4v) is 3.90. The Balaban J connectivity index is 1.41. The number of fused-ring (bicyclic) bond motifs is 1. The molecule has 188 valence electrons. The van der Waals surface area contributed by atoms with Crippen LogP contribution in [-0.2, 0) is 4.74 Å². The first-order valence-electron chi connectivity index (χ1n) is 11.2. The molecule has 37 heavy (non-hydrogen) atoms. The summed E-state index contributed by atoms with van der Waals surface area (Å²) in [5, 5.41) is 5.46. The van der Waals surface area contributed by atoms with E-state index >= 15 is 0 Å². The Kier molecular flexibility index (Phi) is 6.64. The molecule has 0 radical (unpaired) electrons. The van der Waals surface area contributed by atoms with Gasteiger partial charge in [0.05, 0.1) is 35.1 Å². The lowest BCUT2D eigenvalue weighted by Crippen LogP contribution is -2.33. The first kappa shape index (κ1) is 24.5. The molecular weight excluding hydrogens is 492 g/mol. The number of ether oxygens (including phenoxy) is 1. The van der Waals surface area contributed by atoms with Crippen LogP contribution in [0.25, 0.3) is 11.0 Å². The lowest BCUT2D eigenvalue weighted by molar-refractivity contribution is 0.0250. The second-order valence-electron chi connectivity index (χ2n) is 8.29. The molecule has 2 N–H and O–H groups in total. The van der Waals surface area contributed by atoms with Crippen molar-refractivity contribution in [3.8, 4) is 0 Å². The van der Waals surface area contributed by atoms with Crippen LogP contribution in [-0.4, -0.2) is 41.4 Å². The Labute approximate surface area is 207 Å². The molecule has 1 amide bonds. The monoisotopic (exact) mass is 510 g/mol. The molecule has 1 unspecified atom stereocenters. The topological polar surface area (TPSA) is 93.2 Å². The molecule has 1 aliphatic rings. The highest BCUT2D eigenvalue weighted by molar-refractivity contribution is 6.11. The maximum Gasteiger partial charge on any atom is 0.255 e. The highest BCUT2D eigenvalue weighted by Gasteiger charge is 2.22. The van der Waals surface area contributed by atoms with Gasteiger partial charge in [-0.3, -0.25) is 14.6 Å². The van der Waals surface area contributed by atoms with E-state index in [1.165, 1.54) is 24.4 Å². The number of nitrogens with zero attached hydrogens (tertiary/aromatic N) is 2. The van der Waals surface area contributed by atoms with Crippen LogP contribution in [0.15, 0.2) is 54.7 Å². The summed E-state index contributed by atoms with van der Waals surface area (Å²) in [5.41, 5.74) is 0.362. The zero-order chi connectivity index (χ0) is 26.1. The number of hydrogen-bond acceptors (Lipinski definition) is 6. The van der Waals surface area contributed by atoms with Gasteiger partial charge < -0.3 is 15.4 Å². The molecule has 1 aromatic heterocycles. The molecule has 2 heterocycles. The normalized spacial score (nSPS) is 15.5. The van der Waals surface area contributed by atoms with Crippen LogP contribution in [0.3, 0.4) is 0 Å². The van der Waals surface area contributed by atoms with E-state index in [1.54, 1.807) is 0 Å². The van der Waals surface area contributed by atoms with E-state index < -0.39 is 40.5 Å². The minimum absolute atomic E-state index is 0.0208. The summed E-state index contributed by atoms with van der Waals surface area (Å²) in [6.45, 7) is 1.88. The zero-order valence-electron chi connectivity index (χ0n) is 19.0. The van der Waals surface area contributed by atoms with Gasteiger partial charge in [0, 0.05) is 36.0 Å². The summed E-state index contributed by atoms with van der Waals surface area (Å²) in [6, 6.07) is 8.44. The second-order valence-corrected chi connectivity index (χ2v) is 8.29. The third-order valence-electron chi connectivity index (χ3n) is 5.79. The van der Waals surface area contributed by atoms with Crippen molar-refractivity contribution in [3.05, 3.63) is 100 Å². The summed E-state index contributed by atoms with van der Waals surface area (Å²) in [6.07, 6.45) is 1.27. The number of amides is 1. The van der Waals surface area contributed by atoms with E-state index in [-0.39, 0.29) is 22.9 Å². The van der Waals surface area contributed by atoms with Gasteiger partial charge in [-0.2, -0.15) is 0 Å². The molecule has 11 heteroatoms. The number of aromatic nitrogens is 2. The maximum absolute atomic E-state index is 14.6. The Morgan fingerprint density at radius 1 is 0.919 bits per heavy atom. The number of carbonyl (C=O) groups is 2. The van der Waals surface area contributed by atoms with E-state index in [4.69, 9.17) is 4.74 Å². The lowest BCUT2D eigenvalue weighted by Gasteiger charge is -2.22. The second kappa shape index (κ2) is 10.0. The van der Waals surface area contributed by atoms with Crippen LogP contribution >= 0.6 is 0 Å². The molecule has 0 aliphatic carbocycles. The van der Waals surface area contributed by atoms with Crippen molar-refractivity contribution in [1.29, 1.82) is 0 Å². The first-order chi connectivity index (χ1) is 17.8. The number of ketones is 1. The molecule has 4 aromatic rings. The highest BCUT2D eigenvalue weighted by atomic mass is 19.2. The molecule has 0 bridgehead atoms. The smallest absolute Gasteiger partial charge is 0.255 e. The Hall–Kier alpha value is -4.22. The highest BCUT2D eigenvalue weighted by Crippen LogP contribution is 2.25. The van der Waals surface area contributed by atoms with E-state index in [2.05, 4.69) is 20.6 Å². The molecule has 1 fully saturated rings. The summed E-state index contributed by atoms with van der Waals surface area (Å²) in [4.78, 5) is 34.3. The van der Waals surface area contributed by atoms with E-state index in [0.717, 1.165) is 24.7 Å². The fourth-order valence-electron chi connectivity index (χ4n) is 3.90. The van der Waals surface area contributed by atoms with Crippen molar-refractivity contribution >= 4 is 28.4 Å². The molecule has 0 saturated carbocycles. The number of rotatable bonds is 5. The molecule has 5 rings (SSSR count). The standard InChI is InChI=1S/C26H18F4N4O3/c27-17-3-1-14(7-18(17)28)26(36)33-15-9-16(24(30)19(29)10-15)25(35)13-2-4-20-21(8-13)32-11-22(34-20)23-12-31-5-6-37-23/h1-4,7-11,23,31H,5-6,12H2,(H,33,36). The van der Waals surface area contributed by atoms with Crippen molar-refractivity contribution in [2.75, 3.05) is 25.0 Å². The molecular formula is C26H18F4N4O3. The average molecular weight is 510 g/mol. The van der Waals surface area contributed by atoms with Gasteiger partial charge in [0.2, 0.25) is 0 Å². The largest absolute Gasteiger partial charge is 0.369 e. The molecule has 1 aliphatic heterocycles. The summed E-state index contributed by atoms with van der Waals surface area (Å²) >= 11 is 0. The number of anilines is 1. The third-order valence-corrected chi connectivity index (χ3v) is 5.79. The van der Waals surface area contributed by atoms with Gasteiger partial charge in [-0.15, -0.1) is 0 Å². The van der Waals surface area contributed by atoms with Crippen LogP contribution < -0.4 is 10.6 Å². The quantitative estimate of drug-likeness (QED) is 0.307. The van der Waals surface area contributed by atoms with Crippen molar-refractivity contribution < 1.29 is 31.9 Å². The fraction of sp³-hybridized carbons (Fsp3) is 0.154. The van der Waals surface area contributed by atoms with Gasteiger partial charge in [0.1, 0.15) is 6.10 Å². The van der Waals surface area contributed by atoms with Gasteiger partial charge >= 0.3 is 0 Å². The first-order valence-corrected chi connectivity index (χ1v) is 11.2. The molecule has 0 spiro atoms. The van der Waals surface area contributed by atoms with Crippen LogP contribution in [0.2, 0.25) is 0 Å². The molecule has 1 atom stereocenters. The minimum Gasteiger partial charge on any atom is -0.369 e. The number of hydrogen-bond donors (Lipinski definition) is 2. The molecule has 7 nitrogen and oxygen atoms in total. The van der Waals surface area contributed by atoms with Crippen molar-refractivity contribution in [3.63, 3.8) is 0 Å². The van der Waals surface area contributed by atoms with Crippen LogP contribution in [0.4, 0.5) is 23.2 Å². The minimum atomic E-state index is -1.40. The molecule has 3 aromatic carbocycles. The van der Waals surface area contributed by atoms with Gasteiger partial charge in [-0.25, -0.2) is 22.5 Å². The van der Waals surface area contributed by atoms with Crippen molar-refractivity contribution in [2.45, 2.75) is 6.10 Å². The van der Waals surface area contributed by atoms with Gasteiger partial charge in [0.25, 0.3) is 5.91 Å². The van der Waals surface area contributed by atoms with E-state index in [1.807, 2.05) is 0 Å². The lowest BCUT2D eigenvalue weighted by atomic mass is 10.0. The van der Waals surface area contributed by atoms with E-state index in [9.17, 15) is 27.2 Å². The summed E-state index contributed by atoms with van der Waals surface area (Å²) < 4.78 is 61.2. The number of nitrogens with one attached hydrogen (secondary N) is 2. The van der Waals surface area contributed by atoms with Gasteiger partial charge in [-0.1, -0.05) is 0 Å². The molecule has 1 saturated heterocycles.